The quantitative estimate of drug-likeness (QED) is 0.851. The monoisotopic (exact) mass is 340 g/mol. The van der Waals surface area contributed by atoms with Crippen molar-refractivity contribution >= 4 is 17.5 Å². The first kappa shape index (κ1) is 17.1. The minimum absolute atomic E-state index is 0.223. The predicted molar refractivity (Wildman–Crippen MR) is 94.8 cm³/mol. The number of nitrogens with zero attached hydrogens (tertiary/aromatic N) is 1. The molecule has 0 unspecified atom stereocenters. The van der Waals surface area contributed by atoms with Crippen molar-refractivity contribution < 1.29 is 14.0 Å². The molecule has 130 valence electrons. The van der Waals surface area contributed by atoms with Gasteiger partial charge in [0.1, 0.15) is 11.7 Å². The zero-order chi connectivity index (χ0) is 17.8. The molecule has 5 heteroatoms. The van der Waals surface area contributed by atoms with Gasteiger partial charge in [-0.3, -0.25) is 9.59 Å². The largest absolute Gasteiger partial charge is 0.355 e. The van der Waals surface area contributed by atoms with Crippen molar-refractivity contribution in [2.24, 2.45) is 5.92 Å². The summed E-state index contributed by atoms with van der Waals surface area (Å²) in [5.74, 6) is -1.47. The molecule has 3 rings (SSSR count). The SMILES string of the molecule is Cc1ccc(CCNC(=O)[C@@H]2CCN(c3ccc(F)cc3)C2=O)cc1. The second kappa shape index (κ2) is 7.47. The van der Waals surface area contributed by atoms with Gasteiger partial charge in [0.15, 0.2) is 0 Å². The van der Waals surface area contributed by atoms with Crippen LogP contribution in [0.25, 0.3) is 0 Å². The van der Waals surface area contributed by atoms with Crippen molar-refractivity contribution in [3.05, 3.63) is 65.5 Å². The number of aryl methyl sites for hydroxylation is 1. The molecule has 0 aromatic heterocycles. The van der Waals surface area contributed by atoms with Gasteiger partial charge in [-0.2, -0.15) is 0 Å². The van der Waals surface area contributed by atoms with E-state index in [0.717, 1.165) is 12.0 Å². The van der Waals surface area contributed by atoms with Crippen molar-refractivity contribution in [1.82, 2.24) is 5.32 Å². The van der Waals surface area contributed by atoms with Gasteiger partial charge in [0.05, 0.1) is 0 Å². The average molecular weight is 340 g/mol. The first-order valence-electron chi connectivity index (χ1n) is 8.45. The Morgan fingerprint density at radius 2 is 1.84 bits per heavy atom. The van der Waals surface area contributed by atoms with Crippen LogP contribution in [0, 0.1) is 18.7 Å². The summed E-state index contributed by atoms with van der Waals surface area (Å²) in [5.41, 5.74) is 2.98. The summed E-state index contributed by atoms with van der Waals surface area (Å²) in [6, 6.07) is 13.9. The fraction of sp³-hybridized carbons (Fsp3) is 0.300. The van der Waals surface area contributed by atoms with Crippen LogP contribution in [-0.4, -0.2) is 24.9 Å². The molecule has 0 radical (unpaired) electrons. The summed E-state index contributed by atoms with van der Waals surface area (Å²) in [6.07, 6.45) is 1.21. The Balaban J connectivity index is 1.53. The Hall–Kier alpha value is -2.69. The zero-order valence-corrected chi connectivity index (χ0v) is 14.2. The highest BCUT2D eigenvalue weighted by molar-refractivity contribution is 6.09. The van der Waals surface area contributed by atoms with E-state index in [1.54, 1.807) is 17.0 Å². The number of anilines is 1. The lowest BCUT2D eigenvalue weighted by Gasteiger charge is -2.16. The molecule has 0 spiro atoms. The van der Waals surface area contributed by atoms with E-state index < -0.39 is 5.92 Å². The fourth-order valence-electron chi connectivity index (χ4n) is 3.01. The van der Waals surface area contributed by atoms with E-state index in [2.05, 4.69) is 5.32 Å². The third-order valence-electron chi connectivity index (χ3n) is 4.49. The normalized spacial score (nSPS) is 17.0. The van der Waals surface area contributed by atoms with Gasteiger partial charge in [0.25, 0.3) is 0 Å². The van der Waals surface area contributed by atoms with Gasteiger partial charge >= 0.3 is 0 Å². The summed E-state index contributed by atoms with van der Waals surface area (Å²) < 4.78 is 13.0. The van der Waals surface area contributed by atoms with Crippen molar-refractivity contribution in [3.8, 4) is 0 Å². The summed E-state index contributed by atoms with van der Waals surface area (Å²) >= 11 is 0. The number of benzene rings is 2. The van der Waals surface area contributed by atoms with Crippen LogP contribution in [0.2, 0.25) is 0 Å². The van der Waals surface area contributed by atoms with E-state index in [-0.39, 0.29) is 17.6 Å². The lowest BCUT2D eigenvalue weighted by molar-refractivity contribution is -0.132. The smallest absolute Gasteiger partial charge is 0.239 e. The minimum Gasteiger partial charge on any atom is -0.355 e. The van der Waals surface area contributed by atoms with Crippen molar-refractivity contribution in [3.63, 3.8) is 0 Å². The van der Waals surface area contributed by atoms with Crippen LogP contribution in [0.4, 0.5) is 10.1 Å². The first-order chi connectivity index (χ1) is 12.0. The predicted octanol–water partition coefficient (Wildman–Crippen LogP) is 2.85. The number of halogens is 1. The molecule has 1 saturated heterocycles. The summed E-state index contributed by atoms with van der Waals surface area (Å²) in [4.78, 5) is 26.3. The van der Waals surface area contributed by atoms with Gasteiger partial charge in [0, 0.05) is 18.8 Å². The summed E-state index contributed by atoms with van der Waals surface area (Å²) in [5, 5.41) is 2.85. The van der Waals surface area contributed by atoms with Gasteiger partial charge in [-0.05, 0) is 49.6 Å². The molecule has 2 aromatic carbocycles. The van der Waals surface area contributed by atoms with E-state index in [4.69, 9.17) is 0 Å². The number of carbonyl (C=O) groups is 2. The van der Waals surface area contributed by atoms with Crippen molar-refractivity contribution in [2.45, 2.75) is 19.8 Å². The highest BCUT2D eigenvalue weighted by Crippen LogP contribution is 2.25. The number of hydrogen-bond donors (Lipinski definition) is 1. The Morgan fingerprint density at radius 3 is 2.52 bits per heavy atom. The molecule has 1 N–H and O–H groups in total. The molecule has 1 aliphatic rings. The fourth-order valence-corrected chi connectivity index (χ4v) is 3.01. The van der Waals surface area contributed by atoms with E-state index in [1.807, 2.05) is 31.2 Å². The van der Waals surface area contributed by atoms with E-state index >= 15 is 0 Å². The van der Waals surface area contributed by atoms with E-state index in [0.29, 0.717) is 25.2 Å². The highest BCUT2D eigenvalue weighted by Gasteiger charge is 2.37. The third kappa shape index (κ3) is 4.05. The maximum absolute atomic E-state index is 13.0. The van der Waals surface area contributed by atoms with Gasteiger partial charge in [-0.25, -0.2) is 4.39 Å². The van der Waals surface area contributed by atoms with Gasteiger partial charge < -0.3 is 10.2 Å². The van der Waals surface area contributed by atoms with Gasteiger partial charge in [-0.15, -0.1) is 0 Å². The summed E-state index contributed by atoms with van der Waals surface area (Å²) in [6.45, 7) is 3.01. The summed E-state index contributed by atoms with van der Waals surface area (Å²) in [7, 11) is 0. The maximum atomic E-state index is 13.0. The van der Waals surface area contributed by atoms with Crippen LogP contribution < -0.4 is 10.2 Å². The second-order valence-corrected chi connectivity index (χ2v) is 6.33. The van der Waals surface area contributed by atoms with E-state index in [1.165, 1.54) is 17.7 Å². The third-order valence-corrected chi connectivity index (χ3v) is 4.49. The number of carbonyl (C=O) groups excluding carboxylic acids is 2. The molecule has 0 saturated carbocycles. The number of hydrogen-bond acceptors (Lipinski definition) is 2. The molecule has 1 heterocycles. The van der Waals surface area contributed by atoms with Crippen molar-refractivity contribution in [1.29, 1.82) is 0 Å². The Kier molecular flexibility index (Phi) is 5.12. The van der Waals surface area contributed by atoms with Gasteiger partial charge in [0.2, 0.25) is 11.8 Å². The molecule has 1 fully saturated rings. The standard InChI is InChI=1S/C20H21FN2O2/c1-14-2-4-15(5-3-14)10-12-22-19(24)18-11-13-23(20(18)25)17-8-6-16(21)7-9-17/h2-9,18H,10-13H2,1H3,(H,22,24)/t18-/m0/s1. The molecule has 25 heavy (non-hydrogen) atoms. The lowest BCUT2D eigenvalue weighted by atomic mass is 10.1. The Labute approximate surface area is 146 Å². The zero-order valence-electron chi connectivity index (χ0n) is 14.2. The van der Waals surface area contributed by atoms with Crippen molar-refractivity contribution in [2.75, 3.05) is 18.0 Å². The topological polar surface area (TPSA) is 49.4 Å². The molecule has 0 bridgehead atoms. The minimum atomic E-state index is -0.664. The average Bonchev–Trinajstić information content (AvgIpc) is 2.99. The molecule has 0 aliphatic carbocycles. The first-order valence-corrected chi connectivity index (χ1v) is 8.45. The van der Waals surface area contributed by atoms with Crippen LogP contribution >= 0.6 is 0 Å². The second-order valence-electron chi connectivity index (χ2n) is 6.33. The molecule has 4 nitrogen and oxygen atoms in total. The van der Waals surface area contributed by atoms with Crippen LogP contribution in [0.5, 0.6) is 0 Å². The van der Waals surface area contributed by atoms with Crippen LogP contribution in [-0.2, 0) is 16.0 Å². The van der Waals surface area contributed by atoms with Crippen LogP contribution in [0.3, 0.4) is 0 Å². The Morgan fingerprint density at radius 1 is 1.16 bits per heavy atom. The number of rotatable bonds is 5. The van der Waals surface area contributed by atoms with E-state index in [9.17, 15) is 14.0 Å². The maximum Gasteiger partial charge on any atom is 0.239 e. The number of nitrogens with one attached hydrogen (secondary N) is 1. The van der Waals surface area contributed by atoms with Gasteiger partial charge in [-0.1, -0.05) is 29.8 Å². The molecule has 1 atom stereocenters. The van der Waals surface area contributed by atoms with Crippen LogP contribution in [0.1, 0.15) is 17.5 Å². The molecule has 2 amide bonds. The molecular weight excluding hydrogens is 319 g/mol. The lowest BCUT2D eigenvalue weighted by Crippen LogP contribution is -2.37. The Bertz CT molecular complexity index is 756. The molecular formula is C20H21FN2O2. The molecule has 2 aromatic rings. The molecule has 1 aliphatic heterocycles. The number of amides is 2. The highest BCUT2D eigenvalue weighted by atomic mass is 19.1. The van der Waals surface area contributed by atoms with Crippen LogP contribution in [0.15, 0.2) is 48.5 Å².